The molecule has 0 saturated heterocycles. The van der Waals surface area contributed by atoms with Crippen LogP contribution in [-0.2, 0) is 6.54 Å². The molecule has 0 saturated carbocycles. The predicted octanol–water partition coefficient (Wildman–Crippen LogP) is 4.61. The van der Waals surface area contributed by atoms with Gasteiger partial charge in [-0.25, -0.2) is 0 Å². The first kappa shape index (κ1) is 19.9. The number of hydrogen-bond acceptors (Lipinski definition) is 5. The summed E-state index contributed by atoms with van der Waals surface area (Å²) in [7, 11) is 1.66. The average Bonchev–Trinajstić information content (AvgIpc) is 2.86. The zero-order valence-corrected chi connectivity index (χ0v) is 17.6. The van der Waals surface area contributed by atoms with Crippen LogP contribution in [0.2, 0.25) is 0 Å². The number of nitrogens with zero attached hydrogens (tertiary/aromatic N) is 1. The quantitative estimate of drug-likeness (QED) is 0.505. The highest BCUT2D eigenvalue weighted by atomic mass is 16.6. The van der Waals surface area contributed by atoms with Gasteiger partial charge in [0.1, 0.15) is 19.0 Å². The lowest BCUT2D eigenvalue weighted by atomic mass is 9.96. The number of ether oxygens (including phenoxy) is 3. The van der Waals surface area contributed by atoms with Crippen molar-refractivity contribution in [2.24, 2.45) is 0 Å². The summed E-state index contributed by atoms with van der Waals surface area (Å²) in [5, 5.41) is 5.07. The van der Waals surface area contributed by atoms with Crippen molar-refractivity contribution in [1.29, 1.82) is 0 Å². The van der Waals surface area contributed by atoms with E-state index < -0.39 is 0 Å². The van der Waals surface area contributed by atoms with E-state index in [1.165, 1.54) is 0 Å². The molecule has 3 aromatic carbocycles. The van der Waals surface area contributed by atoms with Gasteiger partial charge in [-0.05, 0) is 58.5 Å². The van der Waals surface area contributed by atoms with E-state index in [0.29, 0.717) is 36.8 Å². The second-order valence-electron chi connectivity index (χ2n) is 7.47. The molecule has 6 nitrogen and oxygen atoms in total. The van der Waals surface area contributed by atoms with E-state index in [1.54, 1.807) is 31.5 Å². The molecule has 0 atom stereocenters. The first-order chi connectivity index (χ1) is 15.7. The number of carbonyl (C=O) groups excluding carboxylic acids is 1. The molecule has 1 aliphatic rings. The first-order valence-corrected chi connectivity index (χ1v) is 10.4. The summed E-state index contributed by atoms with van der Waals surface area (Å²) in [6, 6.07) is 19.3. The number of amides is 1. The fourth-order valence-electron chi connectivity index (χ4n) is 3.91. The molecule has 0 bridgehead atoms. The van der Waals surface area contributed by atoms with Crippen LogP contribution < -0.4 is 19.5 Å². The largest absolute Gasteiger partial charge is 0.497 e. The van der Waals surface area contributed by atoms with Gasteiger partial charge in [-0.1, -0.05) is 24.3 Å². The molecule has 1 amide bonds. The lowest BCUT2D eigenvalue weighted by Gasteiger charge is -2.18. The van der Waals surface area contributed by atoms with Crippen molar-refractivity contribution in [3.8, 4) is 28.4 Å². The van der Waals surface area contributed by atoms with E-state index in [4.69, 9.17) is 14.2 Å². The van der Waals surface area contributed by atoms with E-state index in [1.807, 2.05) is 36.5 Å². The van der Waals surface area contributed by atoms with E-state index >= 15 is 0 Å². The van der Waals surface area contributed by atoms with Gasteiger partial charge in [0.05, 0.1) is 7.11 Å². The van der Waals surface area contributed by atoms with Crippen molar-refractivity contribution in [2.75, 3.05) is 20.3 Å². The molecule has 4 aromatic rings. The highest BCUT2D eigenvalue weighted by molar-refractivity contribution is 5.99. The topological polar surface area (TPSA) is 69.7 Å². The monoisotopic (exact) mass is 426 g/mol. The Morgan fingerprint density at radius 3 is 2.75 bits per heavy atom. The smallest absolute Gasteiger partial charge is 0.251 e. The lowest BCUT2D eigenvalue weighted by Crippen LogP contribution is -2.23. The van der Waals surface area contributed by atoms with Crippen molar-refractivity contribution in [3.05, 3.63) is 84.2 Å². The number of rotatable bonds is 5. The van der Waals surface area contributed by atoms with Crippen LogP contribution in [0.5, 0.6) is 17.2 Å². The van der Waals surface area contributed by atoms with Crippen molar-refractivity contribution in [2.45, 2.75) is 6.54 Å². The van der Waals surface area contributed by atoms with Crippen LogP contribution in [0.4, 0.5) is 0 Å². The van der Waals surface area contributed by atoms with Gasteiger partial charge in [-0.2, -0.15) is 0 Å². The number of methoxy groups -OCH3 is 1. The average molecular weight is 426 g/mol. The van der Waals surface area contributed by atoms with Gasteiger partial charge < -0.3 is 19.5 Å². The molecule has 2 heterocycles. The van der Waals surface area contributed by atoms with Crippen LogP contribution in [-0.4, -0.2) is 31.2 Å². The van der Waals surface area contributed by atoms with Crippen LogP contribution >= 0.6 is 0 Å². The predicted molar refractivity (Wildman–Crippen MR) is 122 cm³/mol. The van der Waals surface area contributed by atoms with Crippen LogP contribution in [0.1, 0.15) is 15.9 Å². The molecule has 0 unspecified atom stereocenters. The molecule has 1 aromatic heterocycles. The van der Waals surface area contributed by atoms with Crippen LogP contribution in [0.3, 0.4) is 0 Å². The Balaban J connectivity index is 1.41. The maximum Gasteiger partial charge on any atom is 0.251 e. The molecular formula is C26H22N2O4. The van der Waals surface area contributed by atoms with E-state index in [-0.39, 0.29) is 5.91 Å². The van der Waals surface area contributed by atoms with Gasteiger partial charge in [0.2, 0.25) is 0 Å². The van der Waals surface area contributed by atoms with Crippen LogP contribution in [0.25, 0.3) is 21.9 Å². The Labute approximate surface area is 185 Å². The number of pyridine rings is 1. The standard InChI is InChI=1S/C26H22N2O4/c1-30-20-4-2-3-17(13-20)21-7-5-19(23-16-27-10-9-22(21)23)15-28-26(29)18-6-8-24-25(14-18)32-12-11-31-24/h2-10,13-14,16H,11-12,15H2,1H3,(H,28,29). The third-order valence-electron chi connectivity index (χ3n) is 5.53. The Morgan fingerprint density at radius 2 is 1.88 bits per heavy atom. The zero-order chi connectivity index (χ0) is 21.9. The minimum absolute atomic E-state index is 0.170. The minimum atomic E-state index is -0.170. The van der Waals surface area contributed by atoms with Gasteiger partial charge in [0.25, 0.3) is 5.91 Å². The highest BCUT2D eigenvalue weighted by Crippen LogP contribution is 2.33. The number of benzene rings is 3. The number of nitrogens with one attached hydrogen (secondary N) is 1. The number of fused-ring (bicyclic) bond motifs is 2. The van der Waals surface area contributed by atoms with Crippen LogP contribution in [0, 0.1) is 0 Å². The summed E-state index contributed by atoms with van der Waals surface area (Å²) in [6.07, 6.45) is 3.62. The first-order valence-electron chi connectivity index (χ1n) is 10.4. The van der Waals surface area contributed by atoms with Crippen molar-refractivity contribution < 1.29 is 19.0 Å². The SMILES string of the molecule is COc1cccc(-c2ccc(CNC(=O)c3ccc4c(c3)OCCO4)c3cnccc23)c1. The lowest BCUT2D eigenvalue weighted by molar-refractivity contribution is 0.0950. The Kier molecular flexibility index (Phi) is 5.34. The molecule has 6 heteroatoms. The fourth-order valence-corrected chi connectivity index (χ4v) is 3.91. The van der Waals surface area contributed by atoms with Gasteiger partial charge in [0, 0.05) is 29.9 Å². The molecule has 1 N–H and O–H groups in total. The van der Waals surface area contributed by atoms with Gasteiger partial charge in [0.15, 0.2) is 11.5 Å². The molecule has 160 valence electrons. The third-order valence-corrected chi connectivity index (χ3v) is 5.53. The maximum absolute atomic E-state index is 12.8. The van der Waals surface area contributed by atoms with E-state index in [2.05, 4.69) is 22.4 Å². The normalized spacial score (nSPS) is 12.4. The number of hydrogen-bond donors (Lipinski definition) is 1. The maximum atomic E-state index is 12.8. The van der Waals surface area contributed by atoms with Crippen LogP contribution in [0.15, 0.2) is 73.1 Å². The van der Waals surface area contributed by atoms with E-state index in [9.17, 15) is 4.79 Å². The fraction of sp³-hybridized carbons (Fsp3) is 0.154. The molecule has 0 spiro atoms. The second kappa shape index (κ2) is 8.59. The summed E-state index contributed by atoms with van der Waals surface area (Å²) in [5.41, 5.74) is 3.67. The molecule has 32 heavy (non-hydrogen) atoms. The Hall–Kier alpha value is -4.06. The summed E-state index contributed by atoms with van der Waals surface area (Å²) < 4.78 is 16.5. The van der Waals surface area contributed by atoms with Crippen molar-refractivity contribution in [1.82, 2.24) is 10.3 Å². The van der Waals surface area contributed by atoms with Crippen molar-refractivity contribution >= 4 is 16.7 Å². The van der Waals surface area contributed by atoms with Gasteiger partial charge >= 0.3 is 0 Å². The van der Waals surface area contributed by atoms with Gasteiger partial charge in [-0.15, -0.1) is 0 Å². The Bertz CT molecular complexity index is 1300. The number of aromatic nitrogens is 1. The zero-order valence-electron chi connectivity index (χ0n) is 17.6. The molecule has 5 rings (SSSR count). The summed E-state index contributed by atoms with van der Waals surface area (Å²) in [4.78, 5) is 17.1. The summed E-state index contributed by atoms with van der Waals surface area (Å²) in [5.74, 6) is 1.90. The summed E-state index contributed by atoms with van der Waals surface area (Å²) >= 11 is 0. The van der Waals surface area contributed by atoms with Gasteiger partial charge in [-0.3, -0.25) is 9.78 Å². The number of carbonyl (C=O) groups is 1. The molecule has 1 aliphatic heterocycles. The minimum Gasteiger partial charge on any atom is -0.497 e. The highest BCUT2D eigenvalue weighted by Gasteiger charge is 2.15. The molecule has 0 aliphatic carbocycles. The molecule has 0 radical (unpaired) electrons. The second-order valence-corrected chi connectivity index (χ2v) is 7.47. The van der Waals surface area contributed by atoms with E-state index in [0.717, 1.165) is 33.2 Å². The summed E-state index contributed by atoms with van der Waals surface area (Å²) in [6.45, 7) is 1.38. The third kappa shape index (κ3) is 3.83. The molecular weight excluding hydrogens is 404 g/mol. The molecule has 0 fully saturated rings. The van der Waals surface area contributed by atoms with Crippen molar-refractivity contribution in [3.63, 3.8) is 0 Å². The Morgan fingerprint density at radius 1 is 1.00 bits per heavy atom.